The molecule has 0 bridgehead atoms. The number of nitrogens with zero attached hydrogens (tertiary/aromatic N) is 2. The van der Waals surface area contributed by atoms with Crippen LogP contribution in [0.2, 0.25) is 0 Å². The number of benzene rings is 1. The van der Waals surface area contributed by atoms with Crippen LogP contribution in [0.4, 0.5) is 0 Å². The first-order valence-electron chi connectivity index (χ1n) is 5.42. The second kappa shape index (κ2) is 4.36. The lowest BCUT2D eigenvalue weighted by atomic mass is 10.1. The van der Waals surface area contributed by atoms with E-state index < -0.39 is 0 Å². The van der Waals surface area contributed by atoms with Crippen molar-refractivity contribution in [3.05, 3.63) is 35.4 Å². The molecule has 0 spiro atoms. The van der Waals surface area contributed by atoms with Gasteiger partial charge in [0, 0.05) is 5.56 Å². The van der Waals surface area contributed by atoms with Crippen molar-refractivity contribution in [2.75, 3.05) is 6.61 Å². The number of ether oxygens (including phenoxy) is 1. The molecule has 0 unspecified atom stereocenters. The highest BCUT2D eigenvalue weighted by atomic mass is 16.5. The van der Waals surface area contributed by atoms with Crippen molar-refractivity contribution >= 4 is 5.90 Å². The minimum atomic E-state index is 0.237. The Labute approximate surface area is 95.4 Å². The molecule has 1 aromatic carbocycles. The lowest BCUT2D eigenvalue weighted by Gasteiger charge is -2.06. The van der Waals surface area contributed by atoms with E-state index in [0.717, 1.165) is 5.56 Å². The Bertz CT molecular complexity index is 457. The number of hydrogen-bond acceptors (Lipinski definition) is 3. The molecular weight excluding hydrogens is 200 g/mol. The molecule has 0 aliphatic carbocycles. The average molecular weight is 214 g/mol. The van der Waals surface area contributed by atoms with Crippen LogP contribution in [0.1, 0.15) is 25.0 Å². The quantitative estimate of drug-likeness (QED) is 0.758. The third-order valence-electron chi connectivity index (χ3n) is 2.68. The largest absolute Gasteiger partial charge is 0.475 e. The van der Waals surface area contributed by atoms with E-state index in [4.69, 9.17) is 10.00 Å². The summed E-state index contributed by atoms with van der Waals surface area (Å²) in [6.45, 7) is 4.90. The Morgan fingerprint density at radius 2 is 2.31 bits per heavy atom. The summed E-state index contributed by atoms with van der Waals surface area (Å²) in [6.07, 6.45) is 0. The molecule has 82 valence electrons. The Morgan fingerprint density at radius 3 is 2.94 bits per heavy atom. The minimum Gasteiger partial charge on any atom is -0.475 e. The highest BCUT2D eigenvalue weighted by molar-refractivity contribution is 5.95. The highest BCUT2D eigenvalue weighted by Gasteiger charge is 2.22. The molecule has 0 fully saturated rings. The van der Waals surface area contributed by atoms with Crippen molar-refractivity contribution in [1.29, 1.82) is 5.26 Å². The van der Waals surface area contributed by atoms with Gasteiger partial charge in [-0.2, -0.15) is 5.26 Å². The van der Waals surface area contributed by atoms with E-state index >= 15 is 0 Å². The number of nitriles is 1. The average Bonchev–Trinajstić information content (AvgIpc) is 2.78. The maximum atomic E-state index is 8.81. The van der Waals surface area contributed by atoms with Crippen molar-refractivity contribution in [2.24, 2.45) is 10.9 Å². The smallest absolute Gasteiger partial charge is 0.216 e. The zero-order valence-electron chi connectivity index (χ0n) is 9.47. The third kappa shape index (κ3) is 2.06. The van der Waals surface area contributed by atoms with Crippen LogP contribution >= 0.6 is 0 Å². The van der Waals surface area contributed by atoms with Crippen LogP contribution in [-0.2, 0) is 4.74 Å². The molecule has 0 radical (unpaired) electrons. The molecule has 1 atom stereocenters. The van der Waals surface area contributed by atoms with Gasteiger partial charge in [-0.25, -0.2) is 4.99 Å². The summed E-state index contributed by atoms with van der Waals surface area (Å²) in [4.78, 5) is 4.52. The van der Waals surface area contributed by atoms with Gasteiger partial charge >= 0.3 is 0 Å². The fraction of sp³-hybridized carbons (Fsp3) is 0.385. The number of aliphatic imine (C=N–C) groups is 1. The fourth-order valence-electron chi connectivity index (χ4n) is 1.61. The topological polar surface area (TPSA) is 45.4 Å². The van der Waals surface area contributed by atoms with Crippen LogP contribution in [0.3, 0.4) is 0 Å². The molecule has 3 heteroatoms. The van der Waals surface area contributed by atoms with Gasteiger partial charge in [-0.05, 0) is 24.1 Å². The zero-order valence-corrected chi connectivity index (χ0v) is 9.47. The maximum absolute atomic E-state index is 8.81. The van der Waals surface area contributed by atoms with Gasteiger partial charge in [0.1, 0.15) is 6.61 Å². The van der Waals surface area contributed by atoms with Gasteiger partial charge in [0.15, 0.2) is 0 Å². The molecule has 2 rings (SSSR count). The Morgan fingerprint density at radius 1 is 1.50 bits per heavy atom. The summed E-state index contributed by atoms with van der Waals surface area (Å²) in [7, 11) is 0. The summed E-state index contributed by atoms with van der Waals surface area (Å²) < 4.78 is 5.55. The predicted molar refractivity (Wildman–Crippen MR) is 62.3 cm³/mol. The normalized spacial score (nSPS) is 19.1. The van der Waals surface area contributed by atoms with Crippen LogP contribution in [0, 0.1) is 17.2 Å². The van der Waals surface area contributed by atoms with Gasteiger partial charge in [0.05, 0.1) is 17.7 Å². The van der Waals surface area contributed by atoms with Crippen molar-refractivity contribution in [3.8, 4) is 6.07 Å². The fourth-order valence-corrected chi connectivity index (χ4v) is 1.61. The predicted octanol–water partition coefficient (Wildman–Crippen LogP) is 2.36. The van der Waals surface area contributed by atoms with Crippen molar-refractivity contribution < 1.29 is 4.74 Å². The maximum Gasteiger partial charge on any atom is 0.216 e. The van der Waals surface area contributed by atoms with Crippen LogP contribution in [-0.4, -0.2) is 18.5 Å². The van der Waals surface area contributed by atoms with Gasteiger partial charge in [0.2, 0.25) is 5.90 Å². The Balaban J connectivity index is 2.26. The van der Waals surface area contributed by atoms with Gasteiger partial charge in [0.25, 0.3) is 0 Å². The number of hydrogen-bond donors (Lipinski definition) is 0. The molecule has 0 N–H and O–H groups in total. The molecule has 0 aromatic heterocycles. The van der Waals surface area contributed by atoms with Gasteiger partial charge in [-0.3, -0.25) is 0 Å². The van der Waals surface area contributed by atoms with Crippen molar-refractivity contribution in [1.82, 2.24) is 0 Å². The van der Waals surface area contributed by atoms with Crippen LogP contribution < -0.4 is 0 Å². The summed E-state index contributed by atoms with van der Waals surface area (Å²) >= 11 is 0. The molecule has 0 amide bonds. The molecule has 1 aliphatic heterocycles. The second-order valence-corrected chi connectivity index (χ2v) is 4.25. The first kappa shape index (κ1) is 10.7. The SMILES string of the molecule is CC(C)[C@H]1COC(c2cccc(C#N)c2)=N1. The van der Waals surface area contributed by atoms with Gasteiger partial charge in [-0.15, -0.1) is 0 Å². The van der Waals surface area contributed by atoms with Crippen LogP contribution in [0.25, 0.3) is 0 Å². The van der Waals surface area contributed by atoms with Crippen LogP contribution in [0.5, 0.6) is 0 Å². The Hall–Kier alpha value is -1.82. The molecule has 1 heterocycles. The molecule has 3 nitrogen and oxygen atoms in total. The lowest BCUT2D eigenvalue weighted by molar-refractivity contribution is 0.292. The number of rotatable bonds is 2. The standard InChI is InChI=1S/C13H14N2O/c1-9(2)12-8-16-13(15-12)11-5-3-4-10(6-11)7-14/h3-6,9,12H,8H2,1-2H3/t12-/m1/s1. The summed E-state index contributed by atoms with van der Waals surface area (Å²) in [5.41, 5.74) is 1.53. The molecule has 16 heavy (non-hydrogen) atoms. The first-order valence-corrected chi connectivity index (χ1v) is 5.42. The van der Waals surface area contributed by atoms with E-state index in [2.05, 4.69) is 24.9 Å². The summed E-state index contributed by atoms with van der Waals surface area (Å²) in [5, 5.41) is 8.81. The zero-order chi connectivity index (χ0) is 11.5. The van der Waals surface area contributed by atoms with E-state index in [9.17, 15) is 0 Å². The van der Waals surface area contributed by atoms with Gasteiger partial charge < -0.3 is 4.74 Å². The van der Waals surface area contributed by atoms with E-state index in [0.29, 0.717) is 24.0 Å². The Kier molecular flexibility index (Phi) is 2.91. The molecule has 0 saturated heterocycles. The van der Waals surface area contributed by atoms with E-state index in [1.807, 2.05) is 18.2 Å². The van der Waals surface area contributed by atoms with E-state index in [1.54, 1.807) is 6.07 Å². The van der Waals surface area contributed by atoms with Gasteiger partial charge in [-0.1, -0.05) is 19.9 Å². The molecule has 1 aromatic rings. The van der Waals surface area contributed by atoms with Crippen LogP contribution in [0.15, 0.2) is 29.3 Å². The molecular formula is C13H14N2O. The third-order valence-corrected chi connectivity index (χ3v) is 2.68. The second-order valence-electron chi connectivity index (χ2n) is 4.25. The first-order chi connectivity index (χ1) is 7.70. The van der Waals surface area contributed by atoms with E-state index in [-0.39, 0.29) is 6.04 Å². The molecule has 0 saturated carbocycles. The van der Waals surface area contributed by atoms with Crippen molar-refractivity contribution in [3.63, 3.8) is 0 Å². The monoisotopic (exact) mass is 214 g/mol. The van der Waals surface area contributed by atoms with Crippen molar-refractivity contribution in [2.45, 2.75) is 19.9 Å². The summed E-state index contributed by atoms with van der Waals surface area (Å²) in [5.74, 6) is 1.15. The lowest BCUT2D eigenvalue weighted by Crippen LogP contribution is -2.13. The summed E-state index contributed by atoms with van der Waals surface area (Å²) in [6, 6.07) is 9.70. The minimum absolute atomic E-state index is 0.237. The molecule has 1 aliphatic rings. The highest BCUT2D eigenvalue weighted by Crippen LogP contribution is 2.18. The van der Waals surface area contributed by atoms with E-state index in [1.165, 1.54) is 0 Å².